The Morgan fingerprint density at radius 2 is 1.89 bits per heavy atom. The number of carbonyl (C=O) groups is 1. The SMILES string of the molecule is Cc1cccc(/C=C2\S/C(=N/c3cccc(C)n3)N(C3CCCCC3)C2=O)c1. The van der Waals surface area contributed by atoms with E-state index in [0.717, 1.165) is 34.2 Å². The maximum atomic E-state index is 13.3. The number of pyridine rings is 1. The molecule has 1 saturated heterocycles. The van der Waals surface area contributed by atoms with E-state index < -0.39 is 0 Å². The molecule has 0 N–H and O–H groups in total. The Morgan fingerprint density at radius 3 is 2.64 bits per heavy atom. The highest BCUT2D eigenvalue weighted by Crippen LogP contribution is 2.38. The molecule has 4 nitrogen and oxygen atoms in total. The van der Waals surface area contributed by atoms with Crippen LogP contribution in [0.25, 0.3) is 6.08 Å². The number of amidine groups is 1. The molecule has 28 heavy (non-hydrogen) atoms. The van der Waals surface area contributed by atoms with Crippen molar-refractivity contribution in [3.8, 4) is 0 Å². The molecule has 0 radical (unpaired) electrons. The summed E-state index contributed by atoms with van der Waals surface area (Å²) in [4.78, 5) is 25.2. The highest BCUT2D eigenvalue weighted by Gasteiger charge is 2.38. The van der Waals surface area contributed by atoms with Gasteiger partial charge in [0.15, 0.2) is 11.0 Å². The third-order valence-electron chi connectivity index (χ3n) is 5.20. The Hall–Kier alpha value is -2.40. The second kappa shape index (κ2) is 8.31. The normalized spacial score (nSPS) is 21.1. The van der Waals surface area contributed by atoms with Crippen molar-refractivity contribution in [3.63, 3.8) is 0 Å². The van der Waals surface area contributed by atoms with Crippen LogP contribution in [0.4, 0.5) is 5.82 Å². The molecule has 0 spiro atoms. The molecule has 1 aromatic carbocycles. The number of thioether (sulfide) groups is 1. The number of hydrogen-bond donors (Lipinski definition) is 0. The van der Waals surface area contributed by atoms with Crippen LogP contribution in [0.5, 0.6) is 0 Å². The lowest BCUT2D eigenvalue weighted by Crippen LogP contribution is -2.40. The number of nitrogens with zero attached hydrogens (tertiary/aromatic N) is 3. The Bertz CT molecular complexity index is 944. The lowest BCUT2D eigenvalue weighted by atomic mass is 9.94. The van der Waals surface area contributed by atoms with Crippen LogP contribution >= 0.6 is 11.8 Å². The molecule has 2 aliphatic rings. The fourth-order valence-electron chi connectivity index (χ4n) is 3.83. The van der Waals surface area contributed by atoms with Crippen molar-refractivity contribution in [1.29, 1.82) is 0 Å². The Balaban J connectivity index is 1.71. The van der Waals surface area contributed by atoms with Gasteiger partial charge in [0, 0.05) is 11.7 Å². The fraction of sp³-hybridized carbons (Fsp3) is 0.348. The van der Waals surface area contributed by atoms with E-state index in [1.165, 1.54) is 36.6 Å². The first-order valence-electron chi connectivity index (χ1n) is 9.92. The summed E-state index contributed by atoms with van der Waals surface area (Å²) in [5.74, 6) is 0.734. The van der Waals surface area contributed by atoms with Crippen LogP contribution in [-0.2, 0) is 4.79 Å². The summed E-state index contributed by atoms with van der Waals surface area (Å²) in [6.45, 7) is 4.02. The first-order chi connectivity index (χ1) is 13.6. The quantitative estimate of drug-likeness (QED) is 0.637. The molecule has 144 valence electrons. The second-order valence-electron chi connectivity index (χ2n) is 7.52. The molecule has 2 heterocycles. The van der Waals surface area contributed by atoms with Crippen molar-refractivity contribution in [2.45, 2.75) is 52.0 Å². The molecular weight excluding hydrogens is 366 g/mol. The number of aliphatic imine (C=N–C) groups is 1. The van der Waals surface area contributed by atoms with E-state index in [2.05, 4.69) is 24.0 Å². The van der Waals surface area contributed by atoms with Gasteiger partial charge in [-0.05, 0) is 62.2 Å². The van der Waals surface area contributed by atoms with Gasteiger partial charge in [-0.15, -0.1) is 0 Å². The summed E-state index contributed by atoms with van der Waals surface area (Å²) >= 11 is 1.47. The zero-order chi connectivity index (χ0) is 19.5. The number of benzene rings is 1. The minimum atomic E-state index is 0.0739. The van der Waals surface area contributed by atoms with Crippen LogP contribution < -0.4 is 0 Å². The maximum Gasteiger partial charge on any atom is 0.267 e. The highest BCUT2D eigenvalue weighted by atomic mass is 32.2. The topological polar surface area (TPSA) is 45.6 Å². The summed E-state index contributed by atoms with van der Waals surface area (Å²) in [6, 6.07) is 14.3. The first-order valence-corrected chi connectivity index (χ1v) is 10.7. The van der Waals surface area contributed by atoms with E-state index in [4.69, 9.17) is 4.99 Å². The Morgan fingerprint density at radius 1 is 1.11 bits per heavy atom. The third-order valence-corrected chi connectivity index (χ3v) is 6.18. The van der Waals surface area contributed by atoms with Crippen LogP contribution in [0.2, 0.25) is 0 Å². The highest BCUT2D eigenvalue weighted by molar-refractivity contribution is 8.18. The smallest absolute Gasteiger partial charge is 0.267 e. The monoisotopic (exact) mass is 391 g/mol. The molecule has 5 heteroatoms. The molecule has 4 rings (SSSR count). The first kappa shape index (κ1) is 18.9. The zero-order valence-electron chi connectivity index (χ0n) is 16.4. The van der Waals surface area contributed by atoms with Gasteiger partial charge in [-0.1, -0.05) is 55.2 Å². The Labute approximate surface area is 170 Å². The van der Waals surface area contributed by atoms with Crippen LogP contribution in [0, 0.1) is 13.8 Å². The van der Waals surface area contributed by atoms with Crippen molar-refractivity contribution in [1.82, 2.24) is 9.88 Å². The molecule has 0 unspecified atom stereocenters. The van der Waals surface area contributed by atoms with Crippen LogP contribution in [0.1, 0.15) is 48.9 Å². The fourth-order valence-corrected chi connectivity index (χ4v) is 4.87. The molecular formula is C23H25N3OS. The predicted molar refractivity (Wildman–Crippen MR) is 117 cm³/mol. The molecule has 1 amide bonds. The van der Waals surface area contributed by atoms with Crippen LogP contribution in [0.15, 0.2) is 52.4 Å². The van der Waals surface area contributed by atoms with Crippen molar-refractivity contribution in [2.75, 3.05) is 0 Å². The average Bonchev–Trinajstić information content (AvgIpc) is 2.97. The van der Waals surface area contributed by atoms with Crippen molar-refractivity contribution in [3.05, 3.63) is 64.2 Å². The van der Waals surface area contributed by atoms with Gasteiger partial charge in [-0.3, -0.25) is 9.69 Å². The molecule has 2 fully saturated rings. The van der Waals surface area contributed by atoms with E-state index in [1.807, 2.05) is 48.2 Å². The number of rotatable bonds is 3. The maximum absolute atomic E-state index is 13.3. The lowest BCUT2D eigenvalue weighted by Gasteiger charge is -2.30. The summed E-state index contributed by atoms with van der Waals surface area (Å²) in [5, 5.41) is 0.758. The van der Waals surface area contributed by atoms with Gasteiger partial charge in [0.1, 0.15) is 0 Å². The molecule has 2 aromatic rings. The molecule has 0 atom stereocenters. The summed E-state index contributed by atoms with van der Waals surface area (Å²) in [7, 11) is 0. The largest absolute Gasteiger partial charge is 0.283 e. The minimum absolute atomic E-state index is 0.0739. The van der Waals surface area contributed by atoms with E-state index >= 15 is 0 Å². The van der Waals surface area contributed by atoms with E-state index in [9.17, 15) is 4.79 Å². The van der Waals surface area contributed by atoms with Gasteiger partial charge in [0.05, 0.1) is 4.91 Å². The molecule has 1 aliphatic heterocycles. The van der Waals surface area contributed by atoms with Crippen LogP contribution in [-0.4, -0.2) is 27.0 Å². The predicted octanol–water partition coefficient (Wildman–Crippen LogP) is 5.64. The number of amides is 1. The van der Waals surface area contributed by atoms with Gasteiger partial charge in [0.25, 0.3) is 5.91 Å². The van der Waals surface area contributed by atoms with Gasteiger partial charge in [-0.2, -0.15) is 0 Å². The number of aryl methyl sites for hydroxylation is 2. The molecule has 0 bridgehead atoms. The van der Waals surface area contributed by atoms with Gasteiger partial charge in [0.2, 0.25) is 0 Å². The summed E-state index contributed by atoms with van der Waals surface area (Å²) in [5.41, 5.74) is 3.16. The summed E-state index contributed by atoms with van der Waals surface area (Å²) < 4.78 is 0. The second-order valence-corrected chi connectivity index (χ2v) is 8.53. The lowest BCUT2D eigenvalue weighted by molar-refractivity contribution is -0.124. The number of hydrogen-bond acceptors (Lipinski definition) is 4. The zero-order valence-corrected chi connectivity index (χ0v) is 17.2. The van der Waals surface area contributed by atoms with Crippen molar-refractivity contribution < 1.29 is 4.79 Å². The number of carbonyl (C=O) groups excluding carboxylic acids is 1. The third kappa shape index (κ3) is 4.20. The minimum Gasteiger partial charge on any atom is -0.283 e. The molecule has 1 saturated carbocycles. The standard InChI is InChI=1S/C23H25N3OS/c1-16-8-6-10-18(14-16)15-20-22(27)26(19-11-4-3-5-12-19)23(28-20)25-21-13-7-9-17(2)24-21/h6-10,13-15,19H,3-5,11-12H2,1-2H3/b20-15-,25-23+. The Kier molecular flexibility index (Phi) is 5.62. The van der Waals surface area contributed by atoms with Gasteiger partial charge < -0.3 is 0 Å². The van der Waals surface area contributed by atoms with Gasteiger partial charge in [-0.25, -0.2) is 9.98 Å². The van der Waals surface area contributed by atoms with Crippen molar-refractivity contribution in [2.24, 2.45) is 4.99 Å². The summed E-state index contributed by atoms with van der Waals surface area (Å²) in [6.07, 6.45) is 7.68. The average molecular weight is 392 g/mol. The van der Waals surface area contributed by atoms with E-state index in [1.54, 1.807) is 0 Å². The van der Waals surface area contributed by atoms with Crippen molar-refractivity contribution >= 4 is 34.7 Å². The van der Waals surface area contributed by atoms with Gasteiger partial charge >= 0.3 is 0 Å². The molecule has 1 aliphatic carbocycles. The number of aromatic nitrogens is 1. The van der Waals surface area contributed by atoms with Crippen LogP contribution in [0.3, 0.4) is 0 Å². The molecule has 1 aromatic heterocycles. The van der Waals surface area contributed by atoms with E-state index in [0.29, 0.717) is 5.82 Å². The van der Waals surface area contributed by atoms with E-state index in [-0.39, 0.29) is 11.9 Å².